The van der Waals surface area contributed by atoms with Gasteiger partial charge in [-0.3, -0.25) is 0 Å². The van der Waals surface area contributed by atoms with Gasteiger partial charge in [0, 0.05) is 0 Å². The fourth-order valence-corrected chi connectivity index (χ4v) is 0.454. The third kappa shape index (κ3) is 7.22. The Kier molecular flexibility index (Phi) is 6.59. The minimum Gasteiger partial charge on any atom is -0.0877 e. The zero-order chi connectivity index (χ0) is 6.95. The van der Waals surface area contributed by atoms with Gasteiger partial charge in [-0.25, -0.2) is 0 Å². The molecule has 0 aliphatic carbocycles. The molecule has 0 aromatic carbocycles. The van der Waals surface area contributed by atoms with Gasteiger partial charge in [0.15, 0.2) is 0 Å². The Morgan fingerprint density at radius 1 is 1.00 bits per heavy atom. The molecular formula is C9H14. The summed E-state index contributed by atoms with van der Waals surface area (Å²) in [6.07, 6.45) is 13.4. The fraction of sp³-hybridized carbons (Fsp3) is 0.333. The molecule has 9 heavy (non-hydrogen) atoms. The van der Waals surface area contributed by atoms with Crippen LogP contribution in [0.15, 0.2) is 36.5 Å². The predicted molar refractivity (Wildman–Crippen MR) is 43.4 cm³/mol. The van der Waals surface area contributed by atoms with Gasteiger partial charge >= 0.3 is 0 Å². The Morgan fingerprint density at radius 3 is 2.22 bits per heavy atom. The Hall–Kier alpha value is -0.780. The minimum atomic E-state index is 1.11. The van der Waals surface area contributed by atoms with E-state index in [1.54, 1.807) is 0 Å². The number of hydrogen-bond acceptors (Lipinski definition) is 0. The molecule has 0 amide bonds. The maximum absolute atomic E-state index is 2.12. The highest BCUT2D eigenvalue weighted by Crippen LogP contribution is 1.82. The van der Waals surface area contributed by atoms with E-state index in [-0.39, 0.29) is 0 Å². The van der Waals surface area contributed by atoms with Crippen LogP contribution in [0.2, 0.25) is 0 Å². The molecule has 0 aliphatic heterocycles. The summed E-state index contributed by atoms with van der Waals surface area (Å²) in [7, 11) is 0. The van der Waals surface area contributed by atoms with Crippen molar-refractivity contribution >= 4 is 0 Å². The normalized spacial score (nSPS) is 12.7. The molecule has 0 N–H and O–H groups in total. The Morgan fingerprint density at radius 2 is 1.67 bits per heavy atom. The molecule has 0 aromatic rings. The van der Waals surface area contributed by atoms with E-state index < -0.39 is 0 Å². The van der Waals surface area contributed by atoms with Crippen molar-refractivity contribution in [2.45, 2.75) is 20.3 Å². The van der Waals surface area contributed by atoms with Crippen LogP contribution in [-0.2, 0) is 0 Å². The Bertz CT molecular complexity index is 116. The lowest BCUT2D eigenvalue weighted by Crippen LogP contribution is -1.51. The van der Waals surface area contributed by atoms with Crippen molar-refractivity contribution in [1.29, 1.82) is 0 Å². The summed E-state index contributed by atoms with van der Waals surface area (Å²) in [6.45, 7) is 4.13. The quantitative estimate of drug-likeness (QED) is 0.504. The standard InChI is InChI=1S/C9H14/c1-3-5-7-9-8-6-4-2/h3,5-9H,4H2,1-2H3/b5-3-,8-6-,9-7-. The van der Waals surface area contributed by atoms with Crippen molar-refractivity contribution in [3.63, 3.8) is 0 Å². The van der Waals surface area contributed by atoms with Gasteiger partial charge in [-0.1, -0.05) is 43.4 Å². The third-order valence-electron chi connectivity index (χ3n) is 0.898. The van der Waals surface area contributed by atoms with E-state index >= 15 is 0 Å². The smallest absolute Gasteiger partial charge is 0.0376 e. The predicted octanol–water partition coefficient (Wildman–Crippen LogP) is 3.08. The molecular weight excluding hydrogens is 108 g/mol. The second kappa shape index (κ2) is 7.22. The maximum Gasteiger partial charge on any atom is -0.0376 e. The van der Waals surface area contributed by atoms with E-state index in [1.165, 1.54) is 0 Å². The topological polar surface area (TPSA) is 0 Å². The molecule has 0 nitrogen and oxygen atoms in total. The summed E-state index contributed by atoms with van der Waals surface area (Å²) in [5.41, 5.74) is 0. The second-order valence-corrected chi connectivity index (χ2v) is 1.75. The van der Waals surface area contributed by atoms with Gasteiger partial charge < -0.3 is 0 Å². The van der Waals surface area contributed by atoms with Gasteiger partial charge in [0.25, 0.3) is 0 Å². The Balaban J connectivity index is 3.35. The molecule has 0 fully saturated rings. The molecule has 50 valence electrons. The molecule has 0 heterocycles. The van der Waals surface area contributed by atoms with E-state index in [0.717, 1.165) is 6.42 Å². The lowest BCUT2D eigenvalue weighted by atomic mass is 10.4. The molecule has 0 unspecified atom stereocenters. The molecule has 0 saturated heterocycles. The van der Waals surface area contributed by atoms with Crippen LogP contribution in [0.5, 0.6) is 0 Å². The average Bonchev–Trinajstić information content (AvgIpc) is 1.89. The molecule has 0 bridgehead atoms. The summed E-state index contributed by atoms with van der Waals surface area (Å²) in [5.74, 6) is 0. The van der Waals surface area contributed by atoms with Crippen LogP contribution in [0.1, 0.15) is 20.3 Å². The first-order valence-electron chi connectivity index (χ1n) is 3.36. The lowest BCUT2D eigenvalue weighted by molar-refractivity contribution is 1.22. The zero-order valence-electron chi connectivity index (χ0n) is 6.17. The van der Waals surface area contributed by atoms with E-state index in [9.17, 15) is 0 Å². The SMILES string of the molecule is C\C=C/C=C\C=C/CC. The number of rotatable bonds is 3. The largest absolute Gasteiger partial charge is 0.0877 e. The van der Waals surface area contributed by atoms with E-state index in [4.69, 9.17) is 0 Å². The first kappa shape index (κ1) is 8.22. The highest BCUT2D eigenvalue weighted by molar-refractivity contribution is 5.10. The van der Waals surface area contributed by atoms with Gasteiger partial charge in [-0.2, -0.15) is 0 Å². The van der Waals surface area contributed by atoms with Crippen LogP contribution in [0.25, 0.3) is 0 Å². The third-order valence-corrected chi connectivity index (χ3v) is 0.898. The molecule has 0 heteroatoms. The van der Waals surface area contributed by atoms with Crippen LogP contribution in [0.4, 0.5) is 0 Å². The Labute approximate surface area is 57.6 Å². The summed E-state index contributed by atoms with van der Waals surface area (Å²) < 4.78 is 0. The van der Waals surface area contributed by atoms with Gasteiger partial charge in [0.1, 0.15) is 0 Å². The van der Waals surface area contributed by atoms with Gasteiger partial charge in [0.2, 0.25) is 0 Å². The summed E-state index contributed by atoms with van der Waals surface area (Å²) >= 11 is 0. The van der Waals surface area contributed by atoms with E-state index in [1.807, 2.05) is 31.2 Å². The minimum absolute atomic E-state index is 1.11. The highest BCUT2D eigenvalue weighted by atomic mass is 13.7. The van der Waals surface area contributed by atoms with Gasteiger partial charge in [-0.05, 0) is 13.3 Å². The fourth-order valence-electron chi connectivity index (χ4n) is 0.454. The van der Waals surface area contributed by atoms with Crippen LogP contribution >= 0.6 is 0 Å². The molecule has 0 spiro atoms. The van der Waals surface area contributed by atoms with Gasteiger partial charge in [-0.15, -0.1) is 0 Å². The van der Waals surface area contributed by atoms with E-state index in [2.05, 4.69) is 19.1 Å². The highest BCUT2D eigenvalue weighted by Gasteiger charge is 1.60. The van der Waals surface area contributed by atoms with Crippen molar-refractivity contribution in [1.82, 2.24) is 0 Å². The van der Waals surface area contributed by atoms with Crippen molar-refractivity contribution in [2.24, 2.45) is 0 Å². The molecule has 0 radical (unpaired) electrons. The summed E-state index contributed by atoms with van der Waals surface area (Å²) in [4.78, 5) is 0. The van der Waals surface area contributed by atoms with Crippen molar-refractivity contribution < 1.29 is 0 Å². The average molecular weight is 122 g/mol. The summed E-state index contributed by atoms with van der Waals surface area (Å²) in [5, 5.41) is 0. The van der Waals surface area contributed by atoms with Crippen LogP contribution in [0, 0.1) is 0 Å². The van der Waals surface area contributed by atoms with Crippen LogP contribution in [0.3, 0.4) is 0 Å². The first-order chi connectivity index (χ1) is 4.41. The van der Waals surface area contributed by atoms with Crippen LogP contribution in [-0.4, -0.2) is 0 Å². The summed E-state index contributed by atoms with van der Waals surface area (Å²) in [6, 6.07) is 0. The molecule has 0 atom stereocenters. The maximum atomic E-state index is 2.12. The zero-order valence-corrected chi connectivity index (χ0v) is 6.17. The van der Waals surface area contributed by atoms with Crippen LogP contribution < -0.4 is 0 Å². The monoisotopic (exact) mass is 122 g/mol. The molecule has 0 aliphatic rings. The van der Waals surface area contributed by atoms with Crippen molar-refractivity contribution in [2.75, 3.05) is 0 Å². The number of hydrogen-bond donors (Lipinski definition) is 0. The van der Waals surface area contributed by atoms with Crippen molar-refractivity contribution in [3.8, 4) is 0 Å². The van der Waals surface area contributed by atoms with Crippen molar-refractivity contribution in [3.05, 3.63) is 36.5 Å². The lowest BCUT2D eigenvalue weighted by Gasteiger charge is -1.72. The molecule has 0 saturated carbocycles. The second-order valence-electron chi connectivity index (χ2n) is 1.75. The first-order valence-corrected chi connectivity index (χ1v) is 3.36. The molecule has 0 rings (SSSR count). The van der Waals surface area contributed by atoms with Gasteiger partial charge in [0.05, 0.1) is 0 Å². The van der Waals surface area contributed by atoms with E-state index in [0.29, 0.717) is 0 Å². The molecule has 0 aromatic heterocycles. The number of allylic oxidation sites excluding steroid dienone is 6.